The quantitative estimate of drug-likeness (QED) is 0.741. The van der Waals surface area contributed by atoms with Crippen molar-refractivity contribution in [3.05, 3.63) is 0 Å². The summed E-state index contributed by atoms with van der Waals surface area (Å²) in [6, 6.07) is 0.683. The molecule has 0 aromatic heterocycles. The van der Waals surface area contributed by atoms with Gasteiger partial charge >= 0.3 is 0 Å². The van der Waals surface area contributed by atoms with Gasteiger partial charge in [-0.05, 0) is 36.6 Å². The van der Waals surface area contributed by atoms with Crippen LogP contribution < -0.4 is 5.32 Å². The highest BCUT2D eigenvalue weighted by molar-refractivity contribution is 4.99. The molecule has 1 heteroatoms. The van der Waals surface area contributed by atoms with Crippen LogP contribution in [0.2, 0.25) is 0 Å². The van der Waals surface area contributed by atoms with E-state index in [-0.39, 0.29) is 0 Å². The van der Waals surface area contributed by atoms with E-state index in [2.05, 4.69) is 39.9 Å². The summed E-state index contributed by atoms with van der Waals surface area (Å²) in [6.07, 6.45) is 7.07. The van der Waals surface area contributed by atoms with Gasteiger partial charge in [-0.15, -0.1) is 0 Å². The maximum absolute atomic E-state index is 3.76. The topological polar surface area (TPSA) is 12.0 Å². The lowest BCUT2D eigenvalue weighted by atomic mass is 9.66. The van der Waals surface area contributed by atoms with Crippen LogP contribution in [0.4, 0.5) is 0 Å². The molecule has 1 atom stereocenters. The minimum Gasteiger partial charge on any atom is -0.313 e. The molecule has 1 aliphatic rings. The summed E-state index contributed by atoms with van der Waals surface area (Å²) in [5, 5.41) is 3.76. The van der Waals surface area contributed by atoms with E-state index < -0.39 is 0 Å². The molecule has 0 spiro atoms. The molecular formula is C14H29N. The van der Waals surface area contributed by atoms with Crippen LogP contribution in [0, 0.1) is 10.8 Å². The lowest BCUT2D eigenvalue weighted by molar-refractivity contribution is 0.0934. The van der Waals surface area contributed by atoms with Crippen LogP contribution in [0.5, 0.6) is 0 Å². The second-order valence-electron chi connectivity index (χ2n) is 6.28. The molecule has 1 unspecified atom stereocenters. The van der Waals surface area contributed by atoms with Crippen molar-refractivity contribution in [1.29, 1.82) is 0 Å². The van der Waals surface area contributed by atoms with Gasteiger partial charge in [0.2, 0.25) is 0 Å². The molecule has 1 saturated carbocycles. The number of rotatable bonds is 4. The van der Waals surface area contributed by atoms with Crippen molar-refractivity contribution in [2.24, 2.45) is 10.8 Å². The first-order chi connectivity index (χ1) is 6.96. The molecule has 90 valence electrons. The zero-order valence-corrected chi connectivity index (χ0v) is 11.3. The van der Waals surface area contributed by atoms with Gasteiger partial charge in [-0.25, -0.2) is 0 Å². The fourth-order valence-corrected chi connectivity index (χ4v) is 3.57. The summed E-state index contributed by atoms with van der Waals surface area (Å²) < 4.78 is 0. The Morgan fingerprint density at radius 2 is 1.67 bits per heavy atom. The molecule has 1 nitrogen and oxygen atoms in total. The van der Waals surface area contributed by atoms with Gasteiger partial charge in [-0.1, -0.05) is 47.5 Å². The molecule has 1 N–H and O–H groups in total. The van der Waals surface area contributed by atoms with Crippen LogP contribution in [0.15, 0.2) is 0 Å². The fourth-order valence-electron chi connectivity index (χ4n) is 3.57. The van der Waals surface area contributed by atoms with Gasteiger partial charge in [0.1, 0.15) is 0 Å². The van der Waals surface area contributed by atoms with E-state index in [4.69, 9.17) is 0 Å². The average molecular weight is 211 g/mol. The Balaban J connectivity index is 2.85. The Labute approximate surface area is 96.0 Å². The van der Waals surface area contributed by atoms with E-state index in [1.54, 1.807) is 0 Å². The zero-order valence-electron chi connectivity index (χ0n) is 11.3. The molecule has 1 aliphatic carbocycles. The van der Waals surface area contributed by atoms with Crippen LogP contribution in [0.1, 0.15) is 66.7 Å². The van der Waals surface area contributed by atoms with Crippen LogP contribution in [0.3, 0.4) is 0 Å². The highest BCUT2D eigenvalue weighted by atomic mass is 14.9. The number of nitrogens with one attached hydrogen (secondary N) is 1. The van der Waals surface area contributed by atoms with Crippen LogP contribution in [-0.4, -0.2) is 12.6 Å². The Bertz CT molecular complexity index is 184. The molecule has 0 saturated heterocycles. The summed E-state index contributed by atoms with van der Waals surface area (Å²) in [6.45, 7) is 12.9. The summed E-state index contributed by atoms with van der Waals surface area (Å²) in [4.78, 5) is 0. The van der Waals surface area contributed by atoms with Crippen molar-refractivity contribution in [3.8, 4) is 0 Å². The molecule has 0 amide bonds. The maximum atomic E-state index is 3.76. The van der Waals surface area contributed by atoms with Gasteiger partial charge in [-0.3, -0.25) is 0 Å². The van der Waals surface area contributed by atoms with Crippen molar-refractivity contribution >= 4 is 0 Å². The second kappa shape index (κ2) is 4.86. The van der Waals surface area contributed by atoms with Gasteiger partial charge in [0.15, 0.2) is 0 Å². The molecule has 0 bridgehead atoms. The normalized spacial score (nSPS) is 23.0. The third kappa shape index (κ3) is 2.75. The van der Waals surface area contributed by atoms with Crippen LogP contribution >= 0.6 is 0 Å². The second-order valence-corrected chi connectivity index (χ2v) is 6.28. The Morgan fingerprint density at radius 1 is 1.13 bits per heavy atom. The van der Waals surface area contributed by atoms with E-state index >= 15 is 0 Å². The molecule has 0 aliphatic heterocycles. The molecule has 0 radical (unpaired) electrons. The molecule has 0 aromatic rings. The third-order valence-electron chi connectivity index (χ3n) is 4.19. The maximum Gasteiger partial charge on any atom is 0.0172 e. The predicted octanol–water partition coefficient (Wildman–Crippen LogP) is 3.98. The van der Waals surface area contributed by atoms with Crippen molar-refractivity contribution in [3.63, 3.8) is 0 Å². The van der Waals surface area contributed by atoms with E-state index in [9.17, 15) is 0 Å². The van der Waals surface area contributed by atoms with Crippen LogP contribution in [0.25, 0.3) is 0 Å². The minimum absolute atomic E-state index is 0.385. The van der Waals surface area contributed by atoms with E-state index in [0.29, 0.717) is 16.9 Å². The number of hydrogen-bond donors (Lipinski definition) is 1. The summed E-state index contributed by atoms with van der Waals surface area (Å²) in [5.74, 6) is 0. The minimum atomic E-state index is 0.385. The van der Waals surface area contributed by atoms with Gasteiger partial charge in [-0.2, -0.15) is 0 Å². The SMILES string of the molecule is CCNC(C(C)(C)C)C1(CC)CCCC1. The van der Waals surface area contributed by atoms with Gasteiger partial charge in [0, 0.05) is 6.04 Å². The first-order valence-electron chi connectivity index (χ1n) is 6.69. The standard InChI is InChI=1S/C14H29N/c1-6-14(10-8-9-11-14)12(15-7-2)13(3,4)5/h12,15H,6-11H2,1-5H3. The molecular weight excluding hydrogens is 182 g/mol. The van der Waals surface area contributed by atoms with Gasteiger partial charge in [0.05, 0.1) is 0 Å². The first-order valence-corrected chi connectivity index (χ1v) is 6.69. The molecule has 1 rings (SSSR count). The van der Waals surface area contributed by atoms with Crippen molar-refractivity contribution in [2.45, 2.75) is 72.8 Å². The Kier molecular flexibility index (Phi) is 4.22. The monoisotopic (exact) mass is 211 g/mol. The third-order valence-corrected chi connectivity index (χ3v) is 4.19. The molecule has 0 heterocycles. The summed E-state index contributed by atoms with van der Waals surface area (Å²) >= 11 is 0. The largest absolute Gasteiger partial charge is 0.313 e. The lowest BCUT2D eigenvalue weighted by Crippen LogP contribution is -2.51. The van der Waals surface area contributed by atoms with Crippen LogP contribution in [-0.2, 0) is 0 Å². The van der Waals surface area contributed by atoms with E-state index in [0.717, 1.165) is 6.54 Å². The Hall–Kier alpha value is -0.0400. The van der Waals surface area contributed by atoms with Crippen molar-refractivity contribution in [1.82, 2.24) is 5.32 Å². The summed E-state index contributed by atoms with van der Waals surface area (Å²) in [5.41, 5.74) is 0.963. The van der Waals surface area contributed by atoms with Crippen molar-refractivity contribution < 1.29 is 0 Å². The first kappa shape index (κ1) is 13.0. The lowest BCUT2D eigenvalue weighted by Gasteiger charge is -2.45. The average Bonchev–Trinajstić information content (AvgIpc) is 2.61. The highest BCUT2D eigenvalue weighted by Crippen LogP contribution is 2.48. The molecule has 1 fully saturated rings. The molecule has 0 aromatic carbocycles. The highest BCUT2D eigenvalue weighted by Gasteiger charge is 2.44. The Morgan fingerprint density at radius 3 is 2.00 bits per heavy atom. The van der Waals surface area contributed by atoms with Crippen molar-refractivity contribution in [2.75, 3.05) is 6.54 Å². The summed E-state index contributed by atoms with van der Waals surface area (Å²) in [7, 11) is 0. The molecule has 15 heavy (non-hydrogen) atoms. The van der Waals surface area contributed by atoms with Gasteiger partial charge in [0.25, 0.3) is 0 Å². The van der Waals surface area contributed by atoms with Gasteiger partial charge < -0.3 is 5.32 Å². The predicted molar refractivity (Wildman–Crippen MR) is 68.1 cm³/mol. The fraction of sp³-hybridized carbons (Fsp3) is 1.00. The number of hydrogen-bond acceptors (Lipinski definition) is 1. The zero-order chi connectivity index (χ0) is 11.5. The smallest absolute Gasteiger partial charge is 0.0172 e. The van der Waals surface area contributed by atoms with E-state index in [1.165, 1.54) is 32.1 Å². The van der Waals surface area contributed by atoms with E-state index in [1.807, 2.05) is 0 Å².